The van der Waals surface area contributed by atoms with Crippen molar-refractivity contribution in [1.29, 1.82) is 0 Å². The van der Waals surface area contributed by atoms with E-state index in [1.54, 1.807) is 35.9 Å². The molecule has 1 heterocycles. The van der Waals surface area contributed by atoms with Gasteiger partial charge < -0.3 is 10.1 Å². The number of esters is 1. The van der Waals surface area contributed by atoms with Crippen LogP contribution in [0.4, 0.5) is 5.69 Å². The number of carbonyl (C=O) groups is 2. The van der Waals surface area contributed by atoms with E-state index >= 15 is 0 Å². The van der Waals surface area contributed by atoms with E-state index in [1.165, 1.54) is 12.0 Å². The van der Waals surface area contributed by atoms with Gasteiger partial charge in [0.1, 0.15) is 6.54 Å². The molecule has 0 aliphatic heterocycles. The molecule has 0 bridgehead atoms. The second kappa shape index (κ2) is 7.29. The Morgan fingerprint density at radius 1 is 1.29 bits per heavy atom. The lowest BCUT2D eigenvalue weighted by molar-refractivity contribution is -0.116. The highest BCUT2D eigenvalue weighted by Gasteiger charge is 2.15. The molecule has 1 aliphatic carbocycles. The maximum atomic E-state index is 12.2. The van der Waals surface area contributed by atoms with E-state index in [4.69, 9.17) is 4.74 Å². The third kappa shape index (κ3) is 3.82. The first kappa shape index (κ1) is 16.2. The zero-order valence-corrected chi connectivity index (χ0v) is 13.7. The molecule has 1 amide bonds. The van der Waals surface area contributed by atoms with Gasteiger partial charge in [-0.25, -0.2) is 4.79 Å². The number of carbonyl (C=O) groups excluding carboxylic acids is 2. The first-order chi connectivity index (χ1) is 11.7. The molecule has 1 N–H and O–H groups in total. The Balaban J connectivity index is 1.63. The van der Waals surface area contributed by atoms with Crippen LogP contribution in [0.5, 0.6) is 0 Å². The number of fused-ring (bicyclic) bond motifs is 1. The van der Waals surface area contributed by atoms with E-state index in [-0.39, 0.29) is 12.5 Å². The van der Waals surface area contributed by atoms with Crippen molar-refractivity contribution in [2.45, 2.75) is 39.2 Å². The van der Waals surface area contributed by atoms with Gasteiger partial charge in [0.05, 0.1) is 17.9 Å². The minimum Gasteiger partial charge on any atom is -0.462 e. The average molecular weight is 327 g/mol. The van der Waals surface area contributed by atoms with Gasteiger partial charge in [-0.2, -0.15) is 5.10 Å². The van der Waals surface area contributed by atoms with E-state index < -0.39 is 5.97 Å². The molecule has 6 heteroatoms. The van der Waals surface area contributed by atoms with Crippen LogP contribution < -0.4 is 5.32 Å². The number of nitrogens with one attached hydrogen (secondary N) is 1. The molecule has 0 saturated carbocycles. The zero-order valence-electron chi connectivity index (χ0n) is 13.7. The molecular formula is C18H21N3O3. The van der Waals surface area contributed by atoms with Gasteiger partial charge in [-0.3, -0.25) is 9.48 Å². The Kier molecular flexibility index (Phi) is 4.93. The third-order valence-corrected chi connectivity index (χ3v) is 4.00. The molecular weight excluding hydrogens is 306 g/mol. The van der Waals surface area contributed by atoms with Gasteiger partial charge >= 0.3 is 5.97 Å². The van der Waals surface area contributed by atoms with E-state index in [0.29, 0.717) is 17.9 Å². The van der Waals surface area contributed by atoms with Crippen molar-refractivity contribution in [2.75, 3.05) is 11.9 Å². The Morgan fingerprint density at radius 3 is 2.92 bits per heavy atom. The number of aromatic nitrogens is 2. The molecule has 126 valence electrons. The SMILES string of the molecule is CCOC(=O)c1cccc(NC(=O)Cn2cc3c(n2)CCCC3)c1. The van der Waals surface area contributed by atoms with E-state index in [1.807, 2.05) is 6.20 Å². The second-order valence-electron chi connectivity index (χ2n) is 5.86. The first-order valence-electron chi connectivity index (χ1n) is 8.28. The minimum absolute atomic E-state index is 0.163. The number of hydrogen-bond donors (Lipinski definition) is 1. The van der Waals surface area contributed by atoms with Crippen molar-refractivity contribution < 1.29 is 14.3 Å². The van der Waals surface area contributed by atoms with Gasteiger partial charge in [-0.15, -0.1) is 0 Å². The van der Waals surface area contributed by atoms with Crippen LogP contribution >= 0.6 is 0 Å². The van der Waals surface area contributed by atoms with Crippen LogP contribution in [0.25, 0.3) is 0 Å². The highest BCUT2D eigenvalue weighted by Crippen LogP contribution is 2.19. The standard InChI is InChI=1S/C18H21N3O3/c1-2-24-18(23)13-7-5-8-15(10-13)19-17(22)12-21-11-14-6-3-4-9-16(14)20-21/h5,7-8,10-11H,2-4,6,9,12H2,1H3,(H,19,22). The molecule has 0 radical (unpaired) electrons. The van der Waals surface area contributed by atoms with Crippen LogP contribution in [0, 0.1) is 0 Å². The van der Waals surface area contributed by atoms with Gasteiger partial charge in [-0.1, -0.05) is 6.07 Å². The van der Waals surface area contributed by atoms with Crippen molar-refractivity contribution in [2.24, 2.45) is 0 Å². The molecule has 1 aromatic heterocycles. The summed E-state index contributed by atoms with van der Waals surface area (Å²) in [4.78, 5) is 24.0. The molecule has 0 saturated heterocycles. The average Bonchev–Trinajstić information content (AvgIpc) is 2.97. The van der Waals surface area contributed by atoms with Crippen LogP contribution in [0.15, 0.2) is 30.5 Å². The molecule has 0 spiro atoms. The number of aryl methyl sites for hydroxylation is 2. The maximum Gasteiger partial charge on any atom is 0.338 e. The summed E-state index contributed by atoms with van der Waals surface area (Å²) in [6, 6.07) is 6.74. The molecule has 1 aromatic carbocycles. The van der Waals surface area contributed by atoms with E-state index in [9.17, 15) is 9.59 Å². The fraction of sp³-hybridized carbons (Fsp3) is 0.389. The fourth-order valence-electron chi connectivity index (χ4n) is 2.90. The fourth-order valence-corrected chi connectivity index (χ4v) is 2.90. The quantitative estimate of drug-likeness (QED) is 0.857. The summed E-state index contributed by atoms with van der Waals surface area (Å²) in [6.45, 7) is 2.24. The number of amides is 1. The van der Waals surface area contributed by atoms with Crippen molar-refractivity contribution in [1.82, 2.24) is 9.78 Å². The Morgan fingerprint density at radius 2 is 2.12 bits per heavy atom. The number of nitrogens with zero attached hydrogens (tertiary/aromatic N) is 2. The summed E-state index contributed by atoms with van der Waals surface area (Å²) in [5.74, 6) is -0.566. The zero-order chi connectivity index (χ0) is 16.9. The van der Waals surface area contributed by atoms with Crippen molar-refractivity contribution in [3.05, 3.63) is 47.3 Å². The number of anilines is 1. The largest absolute Gasteiger partial charge is 0.462 e. The van der Waals surface area contributed by atoms with Gasteiger partial charge in [0.2, 0.25) is 5.91 Å². The summed E-state index contributed by atoms with van der Waals surface area (Å²) in [6.07, 6.45) is 6.34. The normalized spacial score (nSPS) is 13.2. The monoisotopic (exact) mass is 327 g/mol. The second-order valence-corrected chi connectivity index (χ2v) is 5.86. The van der Waals surface area contributed by atoms with Gasteiger partial charge in [0.25, 0.3) is 0 Å². The van der Waals surface area contributed by atoms with Gasteiger partial charge in [-0.05, 0) is 56.4 Å². The predicted molar refractivity (Wildman–Crippen MR) is 89.9 cm³/mol. The highest BCUT2D eigenvalue weighted by atomic mass is 16.5. The smallest absolute Gasteiger partial charge is 0.338 e. The summed E-state index contributed by atoms with van der Waals surface area (Å²) in [5.41, 5.74) is 3.35. The van der Waals surface area contributed by atoms with Crippen LogP contribution in [-0.4, -0.2) is 28.3 Å². The summed E-state index contributed by atoms with van der Waals surface area (Å²) in [5, 5.41) is 7.28. The van der Waals surface area contributed by atoms with E-state index in [2.05, 4.69) is 10.4 Å². The minimum atomic E-state index is -0.395. The molecule has 0 fully saturated rings. The van der Waals surface area contributed by atoms with E-state index in [0.717, 1.165) is 25.0 Å². The molecule has 0 atom stereocenters. The summed E-state index contributed by atoms with van der Waals surface area (Å²) >= 11 is 0. The number of hydrogen-bond acceptors (Lipinski definition) is 4. The van der Waals surface area contributed by atoms with Crippen LogP contribution in [0.1, 0.15) is 41.4 Å². The lowest BCUT2D eigenvalue weighted by Gasteiger charge is -2.07. The third-order valence-electron chi connectivity index (χ3n) is 4.00. The summed E-state index contributed by atoms with van der Waals surface area (Å²) < 4.78 is 6.66. The number of rotatable bonds is 5. The molecule has 0 unspecified atom stereocenters. The Labute approximate surface area is 140 Å². The molecule has 6 nitrogen and oxygen atoms in total. The molecule has 1 aliphatic rings. The van der Waals surface area contributed by atoms with Crippen LogP contribution in [0.2, 0.25) is 0 Å². The predicted octanol–water partition coefficient (Wildman–Crippen LogP) is 2.58. The Hall–Kier alpha value is -2.63. The lowest BCUT2D eigenvalue weighted by atomic mass is 9.99. The molecule has 24 heavy (non-hydrogen) atoms. The van der Waals surface area contributed by atoms with Crippen LogP contribution in [-0.2, 0) is 28.9 Å². The summed E-state index contributed by atoms with van der Waals surface area (Å²) in [7, 11) is 0. The number of benzene rings is 1. The number of ether oxygens (including phenoxy) is 1. The Bertz CT molecular complexity index is 728. The topological polar surface area (TPSA) is 73.2 Å². The van der Waals surface area contributed by atoms with Gasteiger partial charge in [0, 0.05) is 11.9 Å². The van der Waals surface area contributed by atoms with Crippen LogP contribution in [0.3, 0.4) is 0 Å². The molecule has 3 rings (SSSR count). The van der Waals surface area contributed by atoms with Crippen molar-refractivity contribution in [3.8, 4) is 0 Å². The first-order valence-corrected chi connectivity index (χ1v) is 8.28. The molecule has 2 aromatic rings. The van der Waals surface area contributed by atoms with Crippen molar-refractivity contribution >= 4 is 17.6 Å². The lowest BCUT2D eigenvalue weighted by Crippen LogP contribution is -2.19. The van der Waals surface area contributed by atoms with Crippen molar-refractivity contribution in [3.63, 3.8) is 0 Å². The highest BCUT2D eigenvalue weighted by molar-refractivity contribution is 5.94. The maximum absolute atomic E-state index is 12.2. The van der Waals surface area contributed by atoms with Gasteiger partial charge in [0.15, 0.2) is 0 Å².